The van der Waals surface area contributed by atoms with Crippen molar-refractivity contribution in [2.45, 2.75) is 19.0 Å². The average molecular weight is 470 g/mol. The molecule has 2 aromatic carbocycles. The van der Waals surface area contributed by atoms with Gasteiger partial charge in [-0.2, -0.15) is 18.2 Å². The van der Waals surface area contributed by atoms with Crippen molar-refractivity contribution in [1.29, 1.82) is 0 Å². The van der Waals surface area contributed by atoms with Crippen molar-refractivity contribution >= 4 is 12.0 Å². The summed E-state index contributed by atoms with van der Waals surface area (Å²) in [5.74, 6) is 0.300. The summed E-state index contributed by atoms with van der Waals surface area (Å²) in [4.78, 5) is 20.9. The number of carbonyl (C=O) groups excluding carboxylic acids is 1. The molecule has 1 saturated heterocycles. The molecule has 1 fully saturated rings. The van der Waals surface area contributed by atoms with E-state index in [1.807, 2.05) is 23.1 Å². The second kappa shape index (κ2) is 10.6. The molecule has 1 aliphatic heterocycles. The molecule has 0 atom stereocenters. The molecule has 0 N–H and O–H groups in total. The largest absolute Gasteiger partial charge is 0.416 e. The number of halogens is 3. The normalized spacial score (nSPS) is 15.2. The van der Waals surface area contributed by atoms with E-state index in [0.717, 1.165) is 37.3 Å². The molecule has 0 saturated carbocycles. The lowest BCUT2D eigenvalue weighted by Gasteiger charge is -2.34. The van der Waals surface area contributed by atoms with Gasteiger partial charge in [0.15, 0.2) is 0 Å². The molecule has 178 valence electrons. The van der Waals surface area contributed by atoms with Crippen LogP contribution in [0.1, 0.15) is 23.4 Å². The fraction of sp³-hybridized carbons (Fsp3) is 0.320. The minimum atomic E-state index is -4.45. The number of amides is 1. The van der Waals surface area contributed by atoms with E-state index in [-0.39, 0.29) is 36.0 Å². The molecular weight excluding hydrogens is 445 g/mol. The van der Waals surface area contributed by atoms with Crippen molar-refractivity contribution in [3.05, 3.63) is 77.7 Å². The quantitative estimate of drug-likeness (QED) is 0.507. The minimum absolute atomic E-state index is 0.00158. The molecule has 0 aliphatic carbocycles. The van der Waals surface area contributed by atoms with Gasteiger partial charge in [-0.15, -0.1) is 0 Å². The number of carbonyl (C=O) groups is 1. The van der Waals surface area contributed by atoms with Crippen LogP contribution >= 0.6 is 0 Å². The third kappa shape index (κ3) is 6.32. The Kier molecular flexibility index (Phi) is 7.42. The Labute approximate surface area is 195 Å². The van der Waals surface area contributed by atoms with Gasteiger partial charge in [-0.05, 0) is 17.7 Å². The maximum absolute atomic E-state index is 12.9. The van der Waals surface area contributed by atoms with E-state index in [1.54, 1.807) is 0 Å². The lowest BCUT2D eigenvalue weighted by Crippen LogP contribution is -2.48. The molecule has 4 rings (SSSR count). The highest BCUT2D eigenvalue weighted by Gasteiger charge is 2.30. The number of hydrogen-bond acceptors (Lipinski definition) is 5. The van der Waals surface area contributed by atoms with E-state index in [9.17, 15) is 18.0 Å². The van der Waals surface area contributed by atoms with Crippen LogP contribution in [0.2, 0.25) is 0 Å². The van der Waals surface area contributed by atoms with Gasteiger partial charge in [0.2, 0.25) is 17.6 Å². The van der Waals surface area contributed by atoms with Crippen molar-refractivity contribution in [2.24, 2.45) is 0 Å². The van der Waals surface area contributed by atoms with E-state index in [1.165, 1.54) is 12.1 Å². The third-order valence-corrected chi connectivity index (χ3v) is 5.67. The van der Waals surface area contributed by atoms with Gasteiger partial charge in [-0.3, -0.25) is 9.69 Å². The van der Waals surface area contributed by atoms with Gasteiger partial charge in [0.05, 0.1) is 5.56 Å². The van der Waals surface area contributed by atoms with Crippen LogP contribution in [0.25, 0.3) is 17.5 Å². The van der Waals surface area contributed by atoms with Gasteiger partial charge < -0.3 is 9.42 Å². The van der Waals surface area contributed by atoms with E-state index in [0.29, 0.717) is 13.1 Å². The number of aryl methyl sites for hydroxylation is 1. The number of aromatic nitrogens is 2. The van der Waals surface area contributed by atoms with Crippen LogP contribution in [0.15, 0.2) is 65.2 Å². The number of alkyl halides is 3. The second-order valence-electron chi connectivity index (χ2n) is 8.08. The second-order valence-corrected chi connectivity index (χ2v) is 8.08. The Morgan fingerprint density at radius 1 is 1.03 bits per heavy atom. The Morgan fingerprint density at radius 3 is 2.53 bits per heavy atom. The van der Waals surface area contributed by atoms with Gasteiger partial charge in [0.25, 0.3) is 0 Å². The first kappa shape index (κ1) is 23.7. The highest BCUT2D eigenvalue weighted by molar-refractivity contribution is 5.76. The highest BCUT2D eigenvalue weighted by Crippen LogP contribution is 2.31. The van der Waals surface area contributed by atoms with Crippen molar-refractivity contribution in [3.8, 4) is 11.4 Å². The maximum Gasteiger partial charge on any atom is 0.416 e. The standard InChI is InChI=1S/C25H25F3N4O2/c26-25(27,28)21-10-4-9-20(18-21)24-29-22(34-30-24)11-12-23(33)32-16-14-31(15-17-32)13-5-8-19-6-2-1-3-7-19/h1-10,18H,11-17H2/b8-5+. The predicted molar refractivity (Wildman–Crippen MR) is 122 cm³/mol. The average Bonchev–Trinajstić information content (AvgIpc) is 3.32. The van der Waals surface area contributed by atoms with E-state index in [4.69, 9.17) is 4.52 Å². The molecular formula is C25H25F3N4O2. The van der Waals surface area contributed by atoms with Gasteiger partial charge in [0.1, 0.15) is 0 Å². The molecule has 1 aromatic heterocycles. The first-order valence-electron chi connectivity index (χ1n) is 11.1. The molecule has 6 nitrogen and oxygen atoms in total. The number of piperazine rings is 1. The Morgan fingerprint density at radius 2 is 1.79 bits per heavy atom. The van der Waals surface area contributed by atoms with Crippen molar-refractivity contribution in [1.82, 2.24) is 19.9 Å². The smallest absolute Gasteiger partial charge is 0.340 e. The van der Waals surface area contributed by atoms with Crippen LogP contribution in [0.3, 0.4) is 0 Å². The van der Waals surface area contributed by atoms with Crippen molar-refractivity contribution < 1.29 is 22.5 Å². The molecule has 0 unspecified atom stereocenters. The number of hydrogen-bond donors (Lipinski definition) is 0. The first-order valence-corrected chi connectivity index (χ1v) is 11.1. The lowest BCUT2D eigenvalue weighted by atomic mass is 10.1. The summed E-state index contributed by atoms with van der Waals surface area (Å²) in [6.07, 6.45) is 0.222. The first-order chi connectivity index (χ1) is 16.4. The van der Waals surface area contributed by atoms with Gasteiger partial charge >= 0.3 is 6.18 Å². The molecule has 3 aromatic rings. The topological polar surface area (TPSA) is 62.5 Å². The molecule has 1 amide bonds. The molecule has 34 heavy (non-hydrogen) atoms. The summed E-state index contributed by atoms with van der Waals surface area (Å²) in [5.41, 5.74) is 0.600. The van der Waals surface area contributed by atoms with Crippen LogP contribution in [0, 0.1) is 0 Å². The van der Waals surface area contributed by atoms with Gasteiger partial charge in [-0.25, -0.2) is 0 Å². The number of benzene rings is 2. The predicted octanol–water partition coefficient (Wildman–Crippen LogP) is 4.55. The van der Waals surface area contributed by atoms with Crippen LogP contribution in [-0.4, -0.2) is 58.6 Å². The van der Waals surface area contributed by atoms with Crippen LogP contribution in [-0.2, 0) is 17.4 Å². The Hall–Kier alpha value is -3.46. The number of rotatable bonds is 7. The molecule has 9 heteroatoms. The Balaban J connectivity index is 1.23. The van der Waals surface area contributed by atoms with Crippen molar-refractivity contribution in [3.63, 3.8) is 0 Å². The lowest BCUT2D eigenvalue weighted by molar-refractivity contribution is -0.137. The zero-order valence-electron chi connectivity index (χ0n) is 18.5. The minimum Gasteiger partial charge on any atom is -0.340 e. The molecule has 0 spiro atoms. The molecule has 0 radical (unpaired) electrons. The molecule has 0 bridgehead atoms. The van der Waals surface area contributed by atoms with E-state index in [2.05, 4.69) is 39.3 Å². The summed E-state index contributed by atoms with van der Waals surface area (Å²) in [5, 5.41) is 3.77. The summed E-state index contributed by atoms with van der Waals surface area (Å²) in [6, 6.07) is 14.9. The summed E-state index contributed by atoms with van der Waals surface area (Å²) in [7, 11) is 0. The summed E-state index contributed by atoms with van der Waals surface area (Å²) in [6.45, 7) is 3.72. The molecule has 1 aliphatic rings. The Bertz CT molecular complexity index is 1120. The third-order valence-electron chi connectivity index (χ3n) is 5.67. The SMILES string of the molecule is O=C(CCc1nc(-c2cccc(C(F)(F)F)c2)no1)N1CCN(C/C=C/c2ccccc2)CC1. The fourth-order valence-electron chi connectivity index (χ4n) is 3.76. The summed E-state index contributed by atoms with van der Waals surface area (Å²) >= 11 is 0. The van der Waals surface area contributed by atoms with Crippen LogP contribution in [0.4, 0.5) is 13.2 Å². The zero-order valence-corrected chi connectivity index (χ0v) is 18.5. The fourth-order valence-corrected chi connectivity index (χ4v) is 3.76. The maximum atomic E-state index is 12.9. The van der Waals surface area contributed by atoms with Gasteiger partial charge in [-0.1, -0.05) is 59.8 Å². The van der Waals surface area contributed by atoms with Crippen molar-refractivity contribution in [2.75, 3.05) is 32.7 Å². The zero-order chi connectivity index (χ0) is 24.0. The van der Waals surface area contributed by atoms with Crippen LogP contribution in [0.5, 0.6) is 0 Å². The van der Waals surface area contributed by atoms with E-state index >= 15 is 0 Å². The van der Waals surface area contributed by atoms with Gasteiger partial charge in [0, 0.05) is 51.1 Å². The van der Waals surface area contributed by atoms with E-state index < -0.39 is 11.7 Å². The summed E-state index contributed by atoms with van der Waals surface area (Å²) < 4.78 is 43.9. The molecule has 2 heterocycles. The number of nitrogens with zero attached hydrogens (tertiary/aromatic N) is 4. The van der Waals surface area contributed by atoms with Crippen LogP contribution < -0.4 is 0 Å². The highest BCUT2D eigenvalue weighted by atomic mass is 19.4. The monoisotopic (exact) mass is 470 g/mol.